The van der Waals surface area contributed by atoms with Crippen molar-refractivity contribution < 1.29 is 57.5 Å². The van der Waals surface area contributed by atoms with Crippen molar-refractivity contribution in [2.75, 3.05) is 66.5 Å². The molecule has 2 rings (SSSR count). The normalized spacial score (nSPS) is 15.0. The Morgan fingerprint density at radius 2 is 0.981 bits per heavy atom. The number of rotatable bonds is 23. The average Bonchev–Trinajstić information content (AvgIpc) is 3.58. The van der Waals surface area contributed by atoms with Gasteiger partial charge in [0.2, 0.25) is 47.3 Å². The first kappa shape index (κ1) is 43.7. The molecule has 2 heterocycles. The van der Waals surface area contributed by atoms with E-state index in [-0.39, 0.29) is 97.3 Å². The SMILES string of the molecule is CN(CCN(C)C(=O)CNC(=O)CCC(=O)CNC(=O)CCN1C(=O)CC(S)C1=O)C(=O)CNC(=O)CCC(=O)CNC(=O)CCN1C(=O)C=CC1=O. The van der Waals surface area contributed by atoms with E-state index in [1.807, 2.05) is 0 Å². The minimum Gasteiger partial charge on any atom is -0.349 e. The number of amides is 10. The molecule has 21 heteroatoms. The number of ketones is 2. The Labute approximate surface area is 310 Å². The number of nitrogens with one attached hydrogen (secondary N) is 4. The third-order valence-electron chi connectivity index (χ3n) is 7.97. The lowest BCUT2D eigenvalue weighted by Gasteiger charge is -2.22. The highest BCUT2D eigenvalue weighted by atomic mass is 32.1. The molecule has 0 aromatic heterocycles. The highest BCUT2D eigenvalue weighted by Gasteiger charge is 2.36. The van der Waals surface area contributed by atoms with E-state index in [0.717, 1.165) is 22.0 Å². The van der Waals surface area contributed by atoms with Crippen LogP contribution in [0.4, 0.5) is 0 Å². The summed E-state index contributed by atoms with van der Waals surface area (Å²) in [6.45, 7) is -1.49. The summed E-state index contributed by atoms with van der Waals surface area (Å²) in [5.41, 5.74) is 0. The van der Waals surface area contributed by atoms with Crippen molar-refractivity contribution in [3.8, 4) is 0 Å². The quantitative estimate of drug-likeness (QED) is 0.0490. The molecule has 0 saturated carbocycles. The molecule has 53 heavy (non-hydrogen) atoms. The van der Waals surface area contributed by atoms with Crippen LogP contribution < -0.4 is 21.3 Å². The summed E-state index contributed by atoms with van der Waals surface area (Å²) in [4.78, 5) is 148. The minimum absolute atomic E-state index is 0.0342. The number of likely N-dealkylation sites (tertiary alicyclic amines) is 1. The van der Waals surface area contributed by atoms with Crippen molar-refractivity contribution in [2.45, 2.75) is 50.2 Å². The van der Waals surface area contributed by atoms with Gasteiger partial charge in [-0.25, -0.2) is 0 Å². The van der Waals surface area contributed by atoms with Crippen molar-refractivity contribution in [3.63, 3.8) is 0 Å². The van der Waals surface area contributed by atoms with Gasteiger partial charge in [-0.15, -0.1) is 0 Å². The molecule has 0 aliphatic carbocycles. The summed E-state index contributed by atoms with van der Waals surface area (Å²) in [5, 5.41) is 8.80. The molecule has 1 fully saturated rings. The molecule has 1 saturated heterocycles. The summed E-state index contributed by atoms with van der Waals surface area (Å²) in [6.07, 6.45) is 0.918. The molecule has 0 bridgehead atoms. The first-order valence-corrected chi connectivity index (χ1v) is 17.1. The van der Waals surface area contributed by atoms with E-state index < -0.39 is 75.9 Å². The second-order valence-electron chi connectivity index (χ2n) is 12.1. The van der Waals surface area contributed by atoms with Gasteiger partial charge in [0.1, 0.15) is 0 Å². The first-order valence-electron chi connectivity index (χ1n) is 16.6. The number of imide groups is 2. The maximum atomic E-state index is 12.4. The highest BCUT2D eigenvalue weighted by molar-refractivity contribution is 7.81. The number of likely N-dealkylation sites (N-methyl/N-ethyl adjacent to an activating group) is 2. The molecule has 0 radical (unpaired) electrons. The molecule has 290 valence electrons. The minimum atomic E-state index is -0.725. The second kappa shape index (κ2) is 21.8. The van der Waals surface area contributed by atoms with Gasteiger partial charge < -0.3 is 31.1 Å². The predicted octanol–water partition coefficient (Wildman–Crippen LogP) is -4.17. The van der Waals surface area contributed by atoms with Gasteiger partial charge in [0.25, 0.3) is 11.8 Å². The van der Waals surface area contributed by atoms with E-state index in [0.29, 0.717) is 0 Å². The van der Waals surface area contributed by atoms with Crippen LogP contribution >= 0.6 is 12.6 Å². The van der Waals surface area contributed by atoms with Gasteiger partial charge in [-0.3, -0.25) is 67.3 Å². The van der Waals surface area contributed by atoms with Crippen LogP contribution in [-0.2, 0) is 57.5 Å². The van der Waals surface area contributed by atoms with Crippen LogP contribution in [-0.4, -0.2) is 162 Å². The lowest BCUT2D eigenvalue weighted by Crippen LogP contribution is -2.44. The molecular formula is C32H44N8O12S. The molecule has 0 aromatic rings. The lowest BCUT2D eigenvalue weighted by atomic mass is 10.2. The summed E-state index contributed by atoms with van der Waals surface area (Å²) >= 11 is 4.00. The Kier molecular flexibility index (Phi) is 18.0. The fraction of sp³-hybridized carbons (Fsp3) is 0.562. The Morgan fingerprint density at radius 1 is 0.604 bits per heavy atom. The highest BCUT2D eigenvalue weighted by Crippen LogP contribution is 2.17. The summed E-state index contributed by atoms with van der Waals surface area (Å²) in [7, 11) is 2.92. The Bertz CT molecular complexity index is 1510. The van der Waals surface area contributed by atoms with Crippen molar-refractivity contribution >= 4 is 83.3 Å². The summed E-state index contributed by atoms with van der Waals surface area (Å²) in [5.74, 6) is -6.01. The zero-order valence-electron chi connectivity index (χ0n) is 29.5. The third kappa shape index (κ3) is 15.8. The Balaban J connectivity index is 1.52. The average molecular weight is 765 g/mol. The van der Waals surface area contributed by atoms with Gasteiger partial charge in [0, 0.05) is 97.4 Å². The smallest absolute Gasteiger partial charge is 0.253 e. The second-order valence-corrected chi connectivity index (χ2v) is 12.7. The van der Waals surface area contributed by atoms with Gasteiger partial charge >= 0.3 is 0 Å². The van der Waals surface area contributed by atoms with E-state index >= 15 is 0 Å². The standard InChI is InChI=1S/C32H44N8O12S/c1-37(30(50)18-35-23(43)5-3-20(41)16-33-25(45)9-11-39-27(47)7-8-28(39)48)13-14-38(2)31(51)19-36-24(44)6-4-21(42)17-34-26(46)10-12-40-29(49)15-22(53)32(40)52/h7-8,22,53H,3-6,9-19H2,1-2H3,(H,33,45)(H,34,46)(H,35,43)(H,36,44). The van der Waals surface area contributed by atoms with E-state index in [9.17, 15) is 57.5 Å². The fourth-order valence-electron chi connectivity index (χ4n) is 4.58. The van der Waals surface area contributed by atoms with Crippen molar-refractivity contribution in [1.82, 2.24) is 40.9 Å². The topological polar surface area (TPSA) is 266 Å². The Hall–Kier alpha value is -5.47. The molecule has 2 aliphatic heterocycles. The molecule has 1 atom stereocenters. The molecule has 0 spiro atoms. The molecule has 2 aliphatic rings. The zero-order valence-corrected chi connectivity index (χ0v) is 30.4. The number of hydrogen-bond acceptors (Lipinski definition) is 13. The molecule has 1 unspecified atom stereocenters. The summed E-state index contributed by atoms with van der Waals surface area (Å²) < 4.78 is 0. The monoisotopic (exact) mass is 764 g/mol. The molecule has 0 aromatic carbocycles. The maximum absolute atomic E-state index is 12.4. The number of Topliss-reactive ketones (excluding diaryl/α,β-unsaturated/α-hetero) is 2. The molecule has 10 amide bonds. The molecular weight excluding hydrogens is 720 g/mol. The third-order valence-corrected chi connectivity index (χ3v) is 8.37. The van der Waals surface area contributed by atoms with Gasteiger partial charge in [-0.2, -0.15) is 12.6 Å². The number of carbonyl (C=O) groups excluding carboxylic acids is 12. The van der Waals surface area contributed by atoms with Crippen LogP contribution in [0.3, 0.4) is 0 Å². The van der Waals surface area contributed by atoms with Crippen molar-refractivity contribution in [3.05, 3.63) is 12.2 Å². The van der Waals surface area contributed by atoms with Crippen LogP contribution in [0.15, 0.2) is 12.2 Å². The van der Waals surface area contributed by atoms with E-state index in [1.54, 1.807) is 0 Å². The number of carbonyl (C=O) groups is 12. The van der Waals surface area contributed by atoms with Gasteiger partial charge in [0.05, 0.1) is 31.4 Å². The van der Waals surface area contributed by atoms with Crippen LogP contribution in [0.25, 0.3) is 0 Å². The zero-order chi connectivity index (χ0) is 39.7. The Morgan fingerprint density at radius 3 is 1.38 bits per heavy atom. The van der Waals surface area contributed by atoms with E-state index in [2.05, 4.69) is 33.9 Å². The number of thiol groups is 1. The van der Waals surface area contributed by atoms with Crippen LogP contribution in [0.1, 0.15) is 44.9 Å². The van der Waals surface area contributed by atoms with Crippen LogP contribution in [0.2, 0.25) is 0 Å². The van der Waals surface area contributed by atoms with Gasteiger partial charge in [0.15, 0.2) is 11.6 Å². The largest absolute Gasteiger partial charge is 0.349 e. The van der Waals surface area contributed by atoms with E-state index in [4.69, 9.17) is 0 Å². The maximum Gasteiger partial charge on any atom is 0.253 e. The lowest BCUT2D eigenvalue weighted by molar-refractivity contribution is -0.140. The first-order chi connectivity index (χ1) is 25.0. The van der Waals surface area contributed by atoms with Crippen LogP contribution in [0.5, 0.6) is 0 Å². The van der Waals surface area contributed by atoms with E-state index in [1.165, 1.54) is 23.9 Å². The molecule has 20 nitrogen and oxygen atoms in total. The summed E-state index contributed by atoms with van der Waals surface area (Å²) in [6, 6.07) is 0. The van der Waals surface area contributed by atoms with Crippen LogP contribution in [0, 0.1) is 0 Å². The van der Waals surface area contributed by atoms with Gasteiger partial charge in [-0.05, 0) is 0 Å². The predicted molar refractivity (Wildman–Crippen MR) is 185 cm³/mol. The fourth-order valence-corrected chi connectivity index (χ4v) is 4.87. The van der Waals surface area contributed by atoms with Crippen molar-refractivity contribution in [2.24, 2.45) is 0 Å². The number of hydrogen-bond donors (Lipinski definition) is 5. The number of nitrogens with zero attached hydrogens (tertiary/aromatic N) is 4. The molecule has 4 N–H and O–H groups in total. The van der Waals surface area contributed by atoms with Gasteiger partial charge in [-0.1, -0.05) is 0 Å². The van der Waals surface area contributed by atoms with Crippen molar-refractivity contribution in [1.29, 1.82) is 0 Å².